The Morgan fingerprint density at radius 2 is 2.23 bits per heavy atom. The van der Waals surface area contributed by atoms with E-state index in [0.29, 0.717) is 28.6 Å². The van der Waals surface area contributed by atoms with Crippen LogP contribution in [0.25, 0.3) is 0 Å². The van der Waals surface area contributed by atoms with Crippen molar-refractivity contribution in [2.45, 2.75) is 43.4 Å². The molecule has 1 amide bonds. The molecule has 2 aromatic rings. The summed E-state index contributed by atoms with van der Waals surface area (Å²) < 4.78 is 5.55. The highest BCUT2D eigenvalue weighted by molar-refractivity contribution is 8.00. The van der Waals surface area contributed by atoms with Gasteiger partial charge in [0.25, 0.3) is 0 Å². The molecule has 0 saturated carbocycles. The molecule has 134 valence electrons. The van der Waals surface area contributed by atoms with Crippen LogP contribution in [0.4, 0.5) is 5.69 Å². The van der Waals surface area contributed by atoms with E-state index in [1.54, 1.807) is 0 Å². The molecule has 1 heterocycles. The summed E-state index contributed by atoms with van der Waals surface area (Å²) in [6.45, 7) is 4.25. The smallest absolute Gasteiger partial charge is 0.237 e. The molecule has 0 aliphatic heterocycles. The number of para-hydroxylation sites is 2. The second kappa shape index (κ2) is 8.24. The maximum atomic E-state index is 12.6. The molecule has 3 rings (SSSR count). The van der Waals surface area contributed by atoms with Gasteiger partial charge in [-0.2, -0.15) is 5.26 Å². The number of hydrogen-bond acceptors (Lipinski definition) is 5. The minimum Gasteiger partial charge on any atom is -0.492 e. The zero-order valence-corrected chi connectivity index (χ0v) is 15.7. The lowest BCUT2D eigenvalue weighted by molar-refractivity contribution is -0.115. The zero-order valence-electron chi connectivity index (χ0n) is 14.9. The number of carbonyl (C=O) groups is 1. The van der Waals surface area contributed by atoms with Gasteiger partial charge >= 0.3 is 0 Å². The molecule has 0 bridgehead atoms. The average Bonchev–Trinajstić information content (AvgIpc) is 3.10. The summed E-state index contributed by atoms with van der Waals surface area (Å²) in [5.41, 5.74) is 3.41. The fourth-order valence-corrected chi connectivity index (χ4v) is 3.82. The SMILES string of the molecule is CCOc1ccccc1NC(=O)C(C)Sc1nc2c(cc1C#N)CCC2. The number of anilines is 1. The standard InChI is InChI=1S/C20H21N3O2S/c1-3-25-18-10-5-4-8-17(18)22-19(24)13(2)26-20-15(12-21)11-14-7-6-9-16(14)23-20/h4-5,8,10-11,13H,3,6-7,9H2,1-2H3,(H,22,24). The van der Waals surface area contributed by atoms with Crippen LogP contribution in [-0.4, -0.2) is 22.7 Å². The largest absolute Gasteiger partial charge is 0.492 e. The molecule has 1 unspecified atom stereocenters. The van der Waals surface area contributed by atoms with Crippen molar-refractivity contribution in [2.75, 3.05) is 11.9 Å². The van der Waals surface area contributed by atoms with Gasteiger partial charge in [-0.1, -0.05) is 23.9 Å². The highest BCUT2D eigenvalue weighted by Gasteiger charge is 2.22. The molecule has 6 heteroatoms. The first-order valence-electron chi connectivity index (χ1n) is 8.74. The number of nitrogens with zero attached hydrogens (tertiary/aromatic N) is 2. The number of ether oxygens (including phenoxy) is 1. The van der Waals surface area contributed by atoms with E-state index in [1.807, 2.05) is 44.2 Å². The summed E-state index contributed by atoms with van der Waals surface area (Å²) in [6, 6.07) is 11.5. The predicted octanol–water partition coefficient (Wildman–Crippen LogP) is 3.96. The van der Waals surface area contributed by atoms with Crippen LogP contribution in [0.2, 0.25) is 0 Å². The Morgan fingerprint density at radius 1 is 1.42 bits per heavy atom. The van der Waals surface area contributed by atoms with E-state index in [9.17, 15) is 10.1 Å². The van der Waals surface area contributed by atoms with Gasteiger partial charge in [0.15, 0.2) is 0 Å². The molecule has 1 aromatic carbocycles. The maximum Gasteiger partial charge on any atom is 0.237 e. The number of amides is 1. The van der Waals surface area contributed by atoms with Gasteiger partial charge in [0.1, 0.15) is 16.8 Å². The minimum absolute atomic E-state index is 0.145. The first-order valence-corrected chi connectivity index (χ1v) is 9.62. The van der Waals surface area contributed by atoms with Crippen LogP contribution in [0, 0.1) is 11.3 Å². The first-order chi connectivity index (χ1) is 12.6. The van der Waals surface area contributed by atoms with Gasteiger partial charge in [-0.25, -0.2) is 4.98 Å². The first kappa shape index (κ1) is 18.3. The van der Waals surface area contributed by atoms with Crippen molar-refractivity contribution in [2.24, 2.45) is 0 Å². The summed E-state index contributed by atoms with van der Waals surface area (Å²) in [7, 11) is 0. The summed E-state index contributed by atoms with van der Waals surface area (Å²) in [4.78, 5) is 17.2. The van der Waals surface area contributed by atoms with Crippen LogP contribution in [-0.2, 0) is 17.6 Å². The van der Waals surface area contributed by atoms with E-state index < -0.39 is 0 Å². The molecule has 1 aliphatic rings. The molecule has 26 heavy (non-hydrogen) atoms. The quantitative estimate of drug-likeness (QED) is 0.782. The third-order valence-corrected chi connectivity index (χ3v) is 5.34. The topological polar surface area (TPSA) is 75.0 Å². The van der Waals surface area contributed by atoms with Crippen LogP contribution < -0.4 is 10.1 Å². The van der Waals surface area contributed by atoms with Crippen LogP contribution >= 0.6 is 11.8 Å². The molecule has 0 saturated heterocycles. The third kappa shape index (κ3) is 4.00. The van der Waals surface area contributed by atoms with Gasteiger partial charge in [0.2, 0.25) is 5.91 Å². The van der Waals surface area contributed by atoms with Crippen LogP contribution in [0.3, 0.4) is 0 Å². The van der Waals surface area contributed by atoms with E-state index in [2.05, 4.69) is 16.4 Å². The van der Waals surface area contributed by atoms with Crippen molar-refractivity contribution in [1.82, 2.24) is 4.98 Å². The lowest BCUT2D eigenvalue weighted by Gasteiger charge is -2.15. The Hall–Kier alpha value is -2.52. The van der Waals surface area contributed by atoms with E-state index in [0.717, 1.165) is 30.5 Å². The summed E-state index contributed by atoms with van der Waals surface area (Å²) >= 11 is 1.32. The Balaban J connectivity index is 1.73. The summed E-state index contributed by atoms with van der Waals surface area (Å²) in [5, 5.41) is 12.6. The molecular formula is C20H21N3O2S. The van der Waals surface area contributed by atoms with Crippen molar-refractivity contribution >= 4 is 23.4 Å². The Morgan fingerprint density at radius 3 is 3.00 bits per heavy atom. The van der Waals surface area contributed by atoms with Gasteiger partial charge in [-0.05, 0) is 56.9 Å². The zero-order chi connectivity index (χ0) is 18.5. The fourth-order valence-electron chi connectivity index (χ4n) is 2.93. The number of aromatic nitrogens is 1. The second-order valence-corrected chi connectivity index (χ2v) is 7.42. The van der Waals surface area contributed by atoms with Gasteiger partial charge in [0.05, 0.1) is 23.1 Å². The fraction of sp³-hybridized carbons (Fsp3) is 0.350. The van der Waals surface area contributed by atoms with Crippen molar-refractivity contribution < 1.29 is 9.53 Å². The third-order valence-electron chi connectivity index (χ3n) is 4.24. The number of carbonyl (C=O) groups excluding carboxylic acids is 1. The molecule has 1 aliphatic carbocycles. The second-order valence-electron chi connectivity index (χ2n) is 6.09. The minimum atomic E-state index is -0.385. The van der Waals surface area contributed by atoms with E-state index >= 15 is 0 Å². The van der Waals surface area contributed by atoms with E-state index in [-0.39, 0.29) is 11.2 Å². The number of fused-ring (bicyclic) bond motifs is 1. The lowest BCUT2D eigenvalue weighted by atomic mass is 10.2. The maximum absolute atomic E-state index is 12.6. The molecule has 5 nitrogen and oxygen atoms in total. The van der Waals surface area contributed by atoms with Gasteiger partial charge in [-0.3, -0.25) is 4.79 Å². The van der Waals surface area contributed by atoms with Gasteiger partial charge < -0.3 is 10.1 Å². The van der Waals surface area contributed by atoms with Crippen LogP contribution in [0.5, 0.6) is 5.75 Å². The van der Waals surface area contributed by atoms with Crippen LogP contribution in [0.1, 0.15) is 37.1 Å². The number of pyridine rings is 1. The number of aryl methyl sites for hydroxylation is 2. The number of hydrogen-bond donors (Lipinski definition) is 1. The predicted molar refractivity (Wildman–Crippen MR) is 103 cm³/mol. The molecular weight excluding hydrogens is 346 g/mol. The van der Waals surface area contributed by atoms with Crippen molar-refractivity contribution in [1.29, 1.82) is 5.26 Å². The van der Waals surface area contributed by atoms with Crippen molar-refractivity contribution in [3.8, 4) is 11.8 Å². The number of nitriles is 1. The number of rotatable bonds is 6. The van der Waals surface area contributed by atoms with E-state index in [4.69, 9.17) is 4.74 Å². The van der Waals surface area contributed by atoms with Gasteiger partial charge in [0, 0.05) is 5.69 Å². The molecule has 0 fully saturated rings. The normalized spacial score (nSPS) is 13.6. The van der Waals surface area contributed by atoms with E-state index in [1.165, 1.54) is 11.8 Å². The van der Waals surface area contributed by atoms with Crippen LogP contribution in [0.15, 0.2) is 35.4 Å². The molecule has 1 N–H and O–H groups in total. The number of benzene rings is 1. The van der Waals surface area contributed by atoms with Crippen molar-refractivity contribution in [3.63, 3.8) is 0 Å². The molecule has 1 aromatic heterocycles. The monoisotopic (exact) mass is 367 g/mol. The average molecular weight is 367 g/mol. The highest BCUT2D eigenvalue weighted by Crippen LogP contribution is 2.31. The molecule has 1 atom stereocenters. The Bertz CT molecular complexity index is 861. The number of thioether (sulfide) groups is 1. The Kier molecular flexibility index (Phi) is 5.79. The molecule has 0 radical (unpaired) electrons. The van der Waals surface area contributed by atoms with Crippen molar-refractivity contribution in [3.05, 3.63) is 47.2 Å². The highest BCUT2D eigenvalue weighted by atomic mass is 32.2. The summed E-state index contributed by atoms with van der Waals surface area (Å²) in [5.74, 6) is 0.502. The molecule has 0 spiro atoms. The Labute approximate surface area is 157 Å². The number of nitrogens with one attached hydrogen (secondary N) is 1. The van der Waals surface area contributed by atoms with Gasteiger partial charge in [-0.15, -0.1) is 0 Å². The summed E-state index contributed by atoms with van der Waals surface area (Å²) in [6.07, 6.45) is 2.99. The lowest BCUT2D eigenvalue weighted by Crippen LogP contribution is -2.23.